The molecule has 0 bridgehead atoms. The number of benzene rings is 1. The van der Waals surface area contributed by atoms with Gasteiger partial charge in [0.1, 0.15) is 6.54 Å². The highest BCUT2D eigenvalue weighted by molar-refractivity contribution is 5.74. The molecule has 17 heavy (non-hydrogen) atoms. The molecular weight excluding hydrogens is 220 g/mol. The van der Waals surface area contributed by atoms with E-state index in [9.17, 15) is 9.59 Å². The molecule has 2 N–H and O–H groups in total. The zero-order chi connectivity index (χ0) is 12.7. The number of amides is 1. The molecule has 0 saturated heterocycles. The van der Waals surface area contributed by atoms with Gasteiger partial charge < -0.3 is 15.3 Å². The Morgan fingerprint density at radius 1 is 1.29 bits per heavy atom. The second-order valence-electron chi connectivity index (χ2n) is 3.63. The average molecular weight is 236 g/mol. The first-order valence-electron chi connectivity index (χ1n) is 5.36. The molecule has 5 heteroatoms. The van der Waals surface area contributed by atoms with E-state index in [1.54, 1.807) is 4.90 Å². The Morgan fingerprint density at radius 2 is 1.94 bits per heavy atom. The topological polar surface area (TPSA) is 69.6 Å². The molecule has 0 fully saturated rings. The number of carboxylic acid groups (broad SMARTS) is 1. The van der Waals surface area contributed by atoms with Gasteiger partial charge in [-0.15, -0.1) is 0 Å². The molecule has 92 valence electrons. The van der Waals surface area contributed by atoms with Gasteiger partial charge in [-0.25, -0.2) is 0 Å². The lowest BCUT2D eigenvalue weighted by Crippen LogP contribution is -2.37. The summed E-state index contributed by atoms with van der Waals surface area (Å²) in [7, 11) is 0. The molecule has 1 rings (SSSR count). The number of hydrogen-bond acceptors (Lipinski definition) is 3. The maximum absolute atomic E-state index is 10.8. The normalized spacial score (nSPS) is 9.71. The lowest BCUT2D eigenvalue weighted by atomic mass is 10.3. The fraction of sp³-hybridized carbons (Fsp3) is 0.333. The van der Waals surface area contributed by atoms with Gasteiger partial charge in [-0.05, 0) is 12.1 Å². The lowest BCUT2D eigenvalue weighted by molar-refractivity contribution is -0.135. The number of carboxylic acids is 1. The molecule has 0 unspecified atom stereocenters. The number of nitrogens with zero attached hydrogens (tertiary/aromatic N) is 1. The highest BCUT2D eigenvalue weighted by Crippen LogP contribution is 2.11. The van der Waals surface area contributed by atoms with Crippen LogP contribution >= 0.6 is 0 Å². The summed E-state index contributed by atoms with van der Waals surface area (Å²) in [5.74, 6) is -1.01. The van der Waals surface area contributed by atoms with Crippen molar-refractivity contribution in [1.82, 2.24) is 5.32 Å². The van der Waals surface area contributed by atoms with Crippen LogP contribution in [0.5, 0.6) is 0 Å². The SMILES string of the molecule is CC(=O)NCCN(CC(=O)O)c1ccccc1. The summed E-state index contributed by atoms with van der Waals surface area (Å²) in [6.45, 7) is 2.25. The first-order valence-corrected chi connectivity index (χ1v) is 5.36. The van der Waals surface area contributed by atoms with Crippen LogP contribution < -0.4 is 10.2 Å². The molecule has 5 nitrogen and oxygen atoms in total. The van der Waals surface area contributed by atoms with E-state index in [4.69, 9.17) is 5.11 Å². The molecule has 0 saturated carbocycles. The number of anilines is 1. The molecule has 1 aromatic carbocycles. The van der Waals surface area contributed by atoms with Crippen LogP contribution in [0.15, 0.2) is 30.3 Å². The highest BCUT2D eigenvalue weighted by atomic mass is 16.4. The van der Waals surface area contributed by atoms with Crippen molar-refractivity contribution in [3.05, 3.63) is 30.3 Å². The Hall–Kier alpha value is -2.04. The van der Waals surface area contributed by atoms with E-state index < -0.39 is 5.97 Å². The Morgan fingerprint density at radius 3 is 2.47 bits per heavy atom. The predicted octanol–water partition coefficient (Wildman–Crippen LogP) is 0.714. The third-order valence-corrected chi connectivity index (χ3v) is 2.20. The van der Waals surface area contributed by atoms with Gasteiger partial charge in [0.05, 0.1) is 0 Å². The van der Waals surface area contributed by atoms with Gasteiger partial charge in [-0.1, -0.05) is 18.2 Å². The van der Waals surface area contributed by atoms with Crippen molar-refractivity contribution in [3.8, 4) is 0 Å². The number of hydrogen-bond donors (Lipinski definition) is 2. The highest BCUT2D eigenvalue weighted by Gasteiger charge is 2.09. The van der Waals surface area contributed by atoms with Gasteiger partial charge in [0, 0.05) is 25.7 Å². The zero-order valence-electron chi connectivity index (χ0n) is 9.72. The maximum Gasteiger partial charge on any atom is 0.323 e. The van der Waals surface area contributed by atoms with E-state index in [2.05, 4.69) is 5.32 Å². The van der Waals surface area contributed by atoms with Crippen molar-refractivity contribution < 1.29 is 14.7 Å². The fourth-order valence-corrected chi connectivity index (χ4v) is 1.47. The summed E-state index contributed by atoms with van der Waals surface area (Å²) in [6.07, 6.45) is 0. The Bertz CT molecular complexity index is 379. The summed E-state index contributed by atoms with van der Waals surface area (Å²) in [4.78, 5) is 23.2. The van der Waals surface area contributed by atoms with Gasteiger partial charge >= 0.3 is 5.97 Å². The van der Waals surface area contributed by atoms with E-state index in [-0.39, 0.29) is 12.5 Å². The van der Waals surface area contributed by atoms with Gasteiger partial charge in [0.15, 0.2) is 0 Å². The van der Waals surface area contributed by atoms with Gasteiger partial charge in [-0.2, -0.15) is 0 Å². The molecular formula is C12H16N2O3. The smallest absolute Gasteiger partial charge is 0.323 e. The fourth-order valence-electron chi connectivity index (χ4n) is 1.47. The van der Waals surface area contributed by atoms with Gasteiger partial charge in [0.2, 0.25) is 5.91 Å². The zero-order valence-corrected chi connectivity index (χ0v) is 9.72. The van der Waals surface area contributed by atoms with Crippen LogP contribution in [0.3, 0.4) is 0 Å². The average Bonchev–Trinajstić information content (AvgIpc) is 2.28. The van der Waals surface area contributed by atoms with Gasteiger partial charge in [-0.3, -0.25) is 9.59 Å². The second-order valence-corrected chi connectivity index (χ2v) is 3.63. The minimum Gasteiger partial charge on any atom is -0.480 e. The van der Waals surface area contributed by atoms with Crippen LogP contribution in [0.25, 0.3) is 0 Å². The summed E-state index contributed by atoms with van der Waals surface area (Å²) in [5.41, 5.74) is 0.834. The van der Waals surface area contributed by atoms with E-state index in [0.29, 0.717) is 13.1 Å². The van der Waals surface area contributed by atoms with Crippen molar-refractivity contribution in [3.63, 3.8) is 0 Å². The predicted molar refractivity (Wildman–Crippen MR) is 65.0 cm³/mol. The Balaban J connectivity index is 2.61. The number of para-hydroxylation sites is 1. The minimum absolute atomic E-state index is 0.0798. The van der Waals surface area contributed by atoms with Crippen LogP contribution in [0.2, 0.25) is 0 Å². The Kier molecular flexibility index (Phi) is 5.00. The molecule has 0 heterocycles. The van der Waals surface area contributed by atoms with Gasteiger partial charge in [0.25, 0.3) is 0 Å². The standard InChI is InChI=1S/C12H16N2O3/c1-10(15)13-7-8-14(9-12(16)17)11-5-3-2-4-6-11/h2-6H,7-9H2,1H3,(H,13,15)(H,16,17). The van der Waals surface area contributed by atoms with Crippen LogP contribution in [0.4, 0.5) is 5.69 Å². The molecule has 0 atom stereocenters. The van der Waals surface area contributed by atoms with Crippen LogP contribution in [0.1, 0.15) is 6.92 Å². The van der Waals surface area contributed by atoms with Crippen molar-refractivity contribution in [2.24, 2.45) is 0 Å². The lowest BCUT2D eigenvalue weighted by Gasteiger charge is -2.22. The summed E-state index contributed by atoms with van der Waals surface area (Å²) >= 11 is 0. The number of nitrogens with one attached hydrogen (secondary N) is 1. The molecule has 0 spiro atoms. The largest absolute Gasteiger partial charge is 0.480 e. The van der Waals surface area contributed by atoms with Crippen molar-refractivity contribution in [2.75, 3.05) is 24.5 Å². The summed E-state index contributed by atoms with van der Waals surface area (Å²) in [6, 6.07) is 9.26. The van der Waals surface area contributed by atoms with Crippen LogP contribution in [-0.2, 0) is 9.59 Å². The van der Waals surface area contributed by atoms with E-state index >= 15 is 0 Å². The van der Waals surface area contributed by atoms with E-state index in [1.165, 1.54) is 6.92 Å². The van der Waals surface area contributed by atoms with Crippen molar-refractivity contribution in [2.45, 2.75) is 6.92 Å². The maximum atomic E-state index is 10.8. The van der Waals surface area contributed by atoms with Crippen molar-refractivity contribution >= 4 is 17.6 Å². The number of carbonyl (C=O) groups excluding carboxylic acids is 1. The molecule has 0 aliphatic heterocycles. The first-order chi connectivity index (χ1) is 8.09. The van der Waals surface area contributed by atoms with Crippen molar-refractivity contribution in [1.29, 1.82) is 0 Å². The molecule has 1 amide bonds. The van der Waals surface area contributed by atoms with Crippen LogP contribution in [-0.4, -0.2) is 36.6 Å². The molecule has 0 aromatic heterocycles. The first kappa shape index (κ1) is 13.0. The third-order valence-electron chi connectivity index (χ3n) is 2.20. The minimum atomic E-state index is -0.892. The van der Waals surface area contributed by atoms with E-state index in [0.717, 1.165) is 5.69 Å². The monoisotopic (exact) mass is 236 g/mol. The Labute approximate surface area is 100 Å². The molecule has 1 aromatic rings. The number of rotatable bonds is 6. The number of carbonyl (C=O) groups is 2. The molecule has 0 radical (unpaired) electrons. The summed E-state index contributed by atoms with van der Waals surface area (Å²) in [5, 5.41) is 11.5. The quantitative estimate of drug-likeness (QED) is 0.763. The molecule has 0 aliphatic rings. The molecule has 0 aliphatic carbocycles. The number of aliphatic carboxylic acids is 1. The van der Waals surface area contributed by atoms with Crippen LogP contribution in [0, 0.1) is 0 Å². The third kappa shape index (κ3) is 5.01. The summed E-state index contributed by atoms with van der Waals surface area (Å²) < 4.78 is 0. The van der Waals surface area contributed by atoms with E-state index in [1.807, 2.05) is 30.3 Å². The second kappa shape index (κ2) is 6.52.